The smallest absolute Gasteiger partial charge is 0.247 e. The van der Waals surface area contributed by atoms with Gasteiger partial charge in [0.15, 0.2) is 0 Å². The van der Waals surface area contributed by atoms with Crippen molar-refractivity contribution >= 4 is 16.0 Å². The number of nitrogens with zero attached hydrogens (tertiary/aromatic N) is 3. The van der Waals surface area contributed by atoms with Crippen molar-refractivity contribution in [3.05, 3.63) is 47.8 Å². The van der Waals surface area contributed by atoms with E-state index in [1.54, 1.807) is 13.0 Å². The number of hydrogen-bond acceptors (Lipinski definition) is 5. The van der Waals surface area contributed by atoms with Gasteiger partial charge >= 0.3 is 0 Å². The van der Waals surface area contributed by atoms with Crippen LogP contribution < -0.4 is 4.72 Å². The Morgan fingerprint density at radius 2 is 1.95 bits per heavy atom. The number of hydrogen-bond donors (Lipinski definition) is 1. The SMILES string of the molecule is Cc1cc(C#N)ccc1S(=O)(=O)Nc1ncccn1. The molecule has 0 saturated heterocycles. The molecule has 19 heavy (non-hydrogen) atoms. The van der Waals surface area contributed by atoms with Crippen molar-refractivity contribution in [2.45, 2.75) is 11.8 Å². The van der Waals surface area contributed by atoms with Gasteiger partial charge in [0.25, 0.3) is 10.0 Å². The highest BCUT2D eigenvalue weighted by Crippen LogP contribution is 2.18. The van der Waals surface area contributed by atoms with E-state index in [1.165, 1.54) is 30.6 Å². The normalized spacial score (nSPS) is 10.7. The number of aryl methyl sites for hydroxylation is 1. The maximum absolute atomic E-state index is 12.1. The molecular formula is C12H10N4O2S. The highest BCUT2D eigenvalue weighted by Gasteiger charge is 2.18. The summed E-state index contributed by atoms with van der Waals surface area (Å²) in [5, 5.41) is 8.76. The number of rotatable bonds is 3. The van der Waals surface area contributed by atoms with Gasteiger partial charge in [-0.05, 0) is 36.8 Å². The summed E-state index contributed by atoms with van der Waals surface area (Å²) in [4.78, 5) is 7.69. The molecule has 0 fully saturated rings. The average molecular weight is 274 g/mol. The maximum atomic E-state index is 12.1. The number of nitriles is 1. The third kappa shape index (κ3) is 2.86. The van der Waals surface area contributed by atoms with Crippen LogP contribution in [0.4, 0.5) is 5.95 Å². The largest absolute Gasteiger partial charge is 0.264 e. The van der Waals surface area contributed by atoms with Crippen molar-refractivity contribution in [2.75, 3.05) is 4.72 Å². The first-order valence-electron chi connectivity index (χ1n) is 5.33. The molecule has 0 aliphatic heterocycles. The second kappa shape index (κ2) is 5.04. The van der Waals surface area contributed by atoms with Crippen LogP contribution in [0.1, 0.15) is 11.1 Å². The third-order valence-electron chi connectivity index (χ3n) is 2.38. The van der Waals surface area contributed by atoms with Crippen LogP contribution in [0.2, 0.25) is 0 Å². The molecular weight excluding hydrogens is 264 g/mol. The van der Waals surface area contributed by atoms with Crippen LogP contribution in [0.25, 0.3) is 0 Å². The molecule has 2 aromatic rings. The molecule has 0 atom stereocenters. The molecule has 0 amide bonds. The van der Waals surface area contributed by atoms with E-state index in [9.17, 15) is 8.42 Å². The monoisotopic (exact) mass is 274 g/mol. The second-order valence-electron chi connectivity index (χ2n) is 3.77. The number of nitrogens with one attached hydrogen (secondary N) is 1. The minimum atomic E-state index is -3.75. The van der Waals surface area contributed by atoms with Crippen LogP contribution >= 0.6 is 0 Å². The van der Waals surface area contributed by atoms with Gasteiger partial charge in [0.2, 0.25) is 5.95 Å². The van der Waals surface area contributed by atoms with Gasteiger partial charge in [0, 0.05) is 12.4 Å². The zero-order valence-corrected chi connectivity index (χ0v) is 10.8. The van der Waals surface area contributed by atoms with Gasteiger partial charge in [-0.25, -0.2) is 23.1 Å². The average Bonchev–Trinajstić information content (AvgIpc) is 2.38. The van der Waals surface area contributed by atoms with Crippen molar-refractivity contribution in [3.63, 3.8) is 0 Å². The van der Waals surface area contributed by atoms with Crippen LogP contribution in [0.3, 0.4) is 0 Å². The van der Waals surface area contributed by atoms with Crippen molar-refractivity contribution in [3.8, 4) is 6.07 Å². The van der Waals surface area contributed by atoms with Crippen molar-refractivity contribution in [1.82, 2.24) is 9.97 Å². The summed E-state index contributed by atoms with van der Waals surface area (Å²) in [5.74, 6) is 0.00580. The number of benzene rings is 1. The second-order valence-corrected chi connectivity index (χ2v) is 5.42. The molecule has 0 aliphatic carbocycles. The van der Waals surface area contributed by atoms with Gasteiger partial charge in [0.1, 0.15) is 0 Å². The van der Waals surface area contributed by atoms with Crippen LogP contribution in [-0.4, -0.2) is 18.4 Å². The Morgan fingerprint density at radius 3 is 2.53 bits per heavy atom. The van der Waals surface area contributed by atoms with Crippen LogP contribution in [-0.2, 0) is 10.0 Å². The Bertz CT molecular complexity index is 736. The fourth-order valence-electron chi connectivity index (χ4n) is 1.55. The molecule has 96 valence electrons. The van der Waals surface area contributed by atoms with E-state index in [0.717, 1.165) is 0 Å². The predicted molar refractivity (Wildman–Crippen MR) is 68.7 cm³/mol. The summed E-state index contributed by atoms with van der Waals surface area (Å²) in [5.41, 5.74) is 0.898. The van der Waals surface area contributed by atoms with E-state index in [0.29, 0.717) is 11.1 Å². The number of anilines is 1. The Labute approximate surface area is 110 Å². The number of aromatic nitrogens is 2. The summed E-state index contributed by atoms with van der Waals surface area (Å²) in [6.45, 7) is 1.63. The van der Waals surface area contributed by atoms with Crippen molar-refractivity contribution in [1.29, 1.82) is 5.26 Å². The van der Waals surface area contributed by atoms with E-state index in [1.807, 2.05) is 6.07 Å². The summed E-state index contributed by atoms with van der Waals surface area (Å²) in [7, 11) is -3.75. The lowest BCUT2D eigenvalue weighted by Gasteiger charge is -2.08. The third-order valence-corrected chi connectivity index (χ3v) is 3.87. The molecule has 0 unspecified atom stereocenters. The molecule has 1 heterocycles. The summed E-state index contributed by atoms with van der Waals surface area (Å²) in [6, 6.07) is 7.90. The van der Waals surface area contributed by atoms with Gasteiger partial charge in [0.05, 0.1) is 16.5 Å². The highest BCUT2D eigenvalue weighted by atomic mass is 32.2. The van der Waals surface area contributed by atoms with Gasteiger partial charge < -0.3 is 0 Å². The Balaban J connectivity index is 2.38. The number of sulfonamides is 1. The first-order chi connectivity index (χ1) is 9.03. The minimum absolute atomic E-state index is 0.00580. The zero-order valence-electron chi connectivity index (χ0n) is 10.0. The van der Waals surface area contributed by atoms with Gasteiger partial charge in [-0.2, -0.15) is 5.26 Å². The predicted octanol–water partition coefficient (Wildman–Crippen LogP) is 1.46. The molecule has 0 spiro atoms. The van der Waals surface area contributed by atoms with Crippen molar-refractivity contribution < 1.29 is 8.42 Å². The molecule has 6 nitrogen and oxygen atoms in total. The van der Waals surface area contributed by atoms with Crippen LogP contribution in [0.15, 0.2) is 41.6 Å². The maximum Gasteiger partial charge on any atom is 0.264 e. The van der Waals surface area contributed by atoms with E-state index in [2.05, 4.69) is 14.7 Å². The summed E-state index contributed by atoms with van der Waals surface area (Å²) in [6.07, 6.45) is 2.88. The zero-order chi connectivity index (χ0) is 13.9. The van der Waals surface area contributed by atoms with Gasteiger partial charge in [-0.3, -0.25) is 0 Å². The lowest BCUT2D eigenvalue weighted by molar-refractivity contribution is 0.600. The van der Waals surface area contributed by atoms with Crippen molar-refractivity contribution in [2.24, 2.45) is 0 Å². The molecule has 2 rings (SSSR count). The fraction of sp³-hybridized carbons (Fsp3) is 0.0833. The molecule has 0 bridgehead atoms. The lowest BCUT2D eigenvalue weighted by Crippen LogP contribution is -2.16. The topological polar surface area (TPSA) is 95.7 Å². The molecule has 1 aromatic heterocycles. The summed E-state index contributed by atoms with van der Waals surface area (Å²) >= 11 is 0. The van der Waals surface area contributed by atoms with Gasteiger partial charge in [-0.15, -0.1) is 0 Å². The Hall–Kier alpha value is -2.46. The minimum Gasteiger partial charge on any atom is -0.247 e. The van der Waals surface area contributed by atoms with Crippen LogP contribution in [0.5, 0.6) is 0 Å². The first-order valence-corrected chi connectivity index (χ1v) is 6.82. The molecule has 1 N–H and O–H groups in total. The summed E-state index contributed by atoms with van der Waals surface area (Å²) < 4.78 is 26.6. The standard InChI is InChI=1S/C12H10N4O2S/c1-9-7-10(8-13)3-4-11(9)19(17,18)16-12-14-5-2-6-15-12/h2-7H,1H3,(H,14,15,16). The van der Waals surface area contributed by atoms with Crippen LogP contribution in [0, 0.1) is 18.3 Å². The molecule has 7 heteroatoms. The van der Waals surface area contributed by atoms with E-state index < -0.39 is 10.0 Å². The molecule has 0 saturated carbocycles. The van der Waals surface area contributed by atoms with E-state index in [4.69, 9.17) is 5.26 Å². The Kier molecular flexibility index (Phi) is 3.44. The first kappa shape index (κ1) is 13.0. The fourth-order valence-corrected chi connectivity index (χ4v) is 2.73. The molecule has 1 aromatic carbocycles. The highest BCUT2D eigenvalue weighted by molar-refractivity contribution is 7.92. The lowest BCUT2D eigenvalue weighted by atomic mass is 10.2. The Morgan fingerprint density at radius 1 is 1.26 bits per heavy atom. The molecule has 0 aliphatic rings. The van der Waals surface area contributed by atoms with Gasteiger partial charge in [-0.1, -0.05) is 0 Å². The quantitative estimate of drug-likeness (QED) is 0.914. The van der Waals surface area contributed by atoms with E-state index >= 15 is 0 Å². The molecule has 0 radical (unpaired) electrons. The van der Waals surface area contributed by atoms with E-state index in [-0.39, 0.29) is 10.8 Å².